The smallest absolute Gasteiger partial charge is 0.143 e. The van der Waals surface area contributed by atoms with Crippen LogP contribution in [-0.4, -0.2) is 0 Å². The Morgan fingerprint density at radius 3 is 1.35 bits per heavy atom. The van der Waals surface area contributed by atoms with Gasteiger partial charge in [0.1, 0.15) is 22.3 Å². The van der Waals surface area contributed by atoms with Crippen molar-refractivity contribution in [2.45, 2.75) is 63.2 Å². The Morgan fingerprint density at radius 2 is 0.706 bits per heavy atom. The molecule has 0 atom stereocenters. The lowest BCUT2D eigenvalue weighted by Crippen LogP contribution is -2.26. The summed E-state index contributed by atoms with van der Waals surface area (Å²) in [4.78, 5) is 2.57. The molecule has 12 aromatic carbocycles. The van der Waals surface area contributed by atoms with E-state index in [0.717, 1.165) is 55.9 Å². The molecule has 2 aromatic heterocycles. The summed E-state index contributed by atoms with van der Waals surface area (Å²) >= 11 is 0. The van der Waals surface area contributed by atoms with E-state index >= 15 is 0 Å². The lowest BCUT2D eigenvalue weighted by molar-refractivity contribution is 0.651. The zero-order valence-corrected chi connectivity index (χ0v) is 48.3. The van der Waals surface area contributed by atoms with Gasteiger partial charge >= 0.3 is 0 Å². The van der Waals surface area contributed by atoms with Gasteiger partial charge < -0.3 is 13.7 Å². The van der Waals surface area contributed by atoms with Crippen molar-refractivity contribution in [1.82, 2.24) is 0 Å². The van der Waals surface area contributed by atoms with Gasteiger partial charge in [0.2, 0.25) is 0 Å². The third kappa shape index (κ3) is 5.82. The molecule has 5 aliphatic carbocycles. The highest BCUT2D eigenvalue weighted by atomic mass is 16.3. The molecule has 0 saturated carbocycles. The molecular weight excluding hydrogens is 1030 g/mol. The van der Waals surface area contributed by atoms with Crippen LogP contribution in [-0.2, 0) is 21.7 Å². The largest absolute Gasteiger partial charge is 0.456 e. The first-order chi connectivity index (χ1) is 41.4. The second-order valence-electron chi connectivity index (χ2n) is 26.2. The normalized spacial score (nSPS) is 15.8. The molecule has 0 unspecified atom stereocenters. The Labute approximate surface area is 494 Å². The van der Waals surface area contributed by atoms with Crippen LogP contribution in [0, 0.1) is 0 Å². The van der Waals surface area contributed by atoms with Crippen LogP contribution in [0.4, 0.5) is 17.1 Å². The van der Waals surface area contributed by atoms with Gasteiger partial charge in [-0.3, -0.25) is 0 Å². The van der Waals surface area contributed by atoms with Gasteiger partial charge in [-0.05, 0) is 190 Å². The van der Waals surface area contributed by atoms with Gasteiger partial charge in [0, 0.05) is 60.4 Å². The highest BCUT2D eigenvalue weighted by Gasteiger charge is 2.52. The summed E-state index contributed by atoms with van der Waals surface area (Å²) < 4.78 is 13.5. The Morgan fingerprint density at radius 1 is 0.271 bits per heavy atom. The minimum atomic E-state index is -0.500. The van der Waals surface area contributed by atoms with Crippen LogP contribution in [0.3, 0.4) is 0 Å². The van der Waals surface area contributed by atoms with Crippen molar-refractivity contribution in [2.75, 3.05) is 4.90 Å². The van der Waals surface area contributed by atoms with Crippen molar-refractivity contribution in [3.8, 4) is 66.8 Å². The first kappa shape index (κ1) is 47.5. The van der Waals surface area contributed by atoms with Crippen LogP contribution in [0.1, 0.15) is 97.2 Å². The maximum Gasteiger partial charge on any atom is 0.143 e. The van der Waals surface area contributed by atoms with Crippen molar-refractivity contribution in [3.05, 3.63) is 292 Å². The highest BCUT2D eigenvalue weighted by Crippen LogP contribution is 2.65. The zero-order chi connectivity index (χ0) is 56.6. The monoisotopic (exact) mass is 1090 g/mol. The summed E-state index contributed by atoms with van der Waals surface area (Å²) in [6.45, 7) is 14.5. The van der Waals surface area contributed by atoms with Gasteiger partial charge in [-0.2, -0.15) is 0 Å². The van der Waals surface area contributed by atoms with Gasteiger partial charge in [0.25, 0.3) is 0 Å². The minimum absolute atomic E-state index is 0.207. The van der Waals surface area contributed by atoms with Crippen molar-refractivity contribution >= 4 is 60.9 Å². The van der Waals surface area contributed by atoms with Gasteiger partial charge in [0.05, 0.1) is 5.41 Å². The van der Waals surface area contributed by atoms with Crippen LogP contribution in [0.2, 0.25) is 0 Å². The number of para-hydroxylation sites is 2. The molecule has 0 amide bonds. The molecule has 0 saturated heterocycles. The second kappa shape index (κ2) is 16.0. The van der Waals surface area contributed by atoms with E-state index in [4.69, 9.17) is 8.83 Å². The SMILES string of the molecule is CC1(C)c2cc(N(c3ccc4c(c3)C(C)(C)c3cc(-c5ccccc5)c5oc6ccccc6c5c3-4)c3ccc4c(c3)C3(c5ccccc5-c5ccccc53)c3ccccc3-4)ccc2-c2cc3c(cc21)-c1c(ccc2oc4ccccc4c12)C3(C)C. The fourth-order valence-electron chi connectivity index (χ4n) is 17.1. The fourth-order valence-corrected chi connectivity index (χ4v) is 17.1. The minimum Gasteiger partial charge on any atom is -0.456 e. The van der Waals surface area contributed by atoms with Crippen molar-refractivity contribution in [2.24, 2.45) is 0 Å². The summed E-state index contributed by atoms with van der Waals surface area (Å²) in [5.74, 6) is 0. The summed E-state index contributed by atoms with van der Waals surface area (Å²) in [6.07, 6.45) is 0. The van der Waals surface area contributed by atoms with Crippen molar-refractivity contribution in [1.29, 1.82) is 0 Å². The topological polar surface area (TPSA) is 29.5 Å². The van der Waals surface area contributed by atoms with E-state index in [1.807, 2.05) is 0 Å². The lowest BCUT2D eigenvalue weighted by atomic mass is 9.70. The molecule has 14 aromatic rings. The molecule has 402 valence electrons. The standard InChI is InChI=1S/C82H57NO2/c1-79(2)64-38-39-73-76(56-25-13-18-30-71(56)84-73)75(64)60-45-67-59(44-68(60)79)54-36-33-47(40-65(54)80(67,3)4)83(49-32-35-53-52-24-12-17-29-63(52)82(69(53)42-49)61-27-15-10-22-50(61)51-23-11-16-28-62(51)82)48-34-37-55-66(41-48)81(5,6)70-43-58(46-20-8-7-9-21-46)78-77(74(55)70)57-26-14-19-31-72(57)85-78/h7-45H,1-6H3. The molecule has 3 heteroatoms. The van der Waals surface area contributed by atoms with Gasteiger partial charge in [-0.25, -0.2) is 0 Å². The summed E-state index contributed by atoms with van der Waals surface area (Å²) in [7, 11) is 0. The Balaban J connectivity index is 0.835. The number of benzene rings is 12. The Bertz CT molecular complexity index is 5290. The van der Waals surface area contributed by atoms with Crippen LogP contribution in [0.5, 0.6) is 0 Å². The summed E-state index contributed by atoms with van der Waals surface area (Å²) in [5, 5.41) is 4.72. The molecule has 0 N–H and O–H groups in total. The third-order valence-corrected chi connectivity index (χ3v) is 21.1. The van der Waals surface area contributed by atoms with Gasteiger partial charge in [0.15, 0.2) is 0 Å². The molecule has 0 fully saturated rings. The quantitative estimate of drug-likeness (QED) is 0.176. The van der Waals surface area contributed by atoms with E-state index in [2.05, 4.69) is 283 Å². The molecule has 2 heterocycles. The number of hydrogen-bond donors (Lipinski definition) is 0. The van der Waals surface area contributed by atoms with E-state index < -0.39 is 5.41 Å². The predicted octanol–water partition coefficient (Wildman–Crippen LogP) is 21.9. The van der Waals surface area contributed by atoms with Crippen LogP contribution >= 0.6 is 0 Å². The third-order valence-electron chi connectivity index (χ3n) is 21.1. The van der Waals surface area contributed by atoms with E-state index in [1.165, 1.54) is 127 Å². The Hall–Kier alpha value is -9.96. The molecule has 0 radical (unpaired) electrons. The molecule has 0 aliphatic heterocycles. The summed E-state index contributed by atoms with van der Waals surface area (Å²) in [5.41, 5.74) is 34.3. The molecule has 19 rings (SSSR count). The molecule has 3 nitrogen and oxygen atoms in total. The number of hydrogen-bond acceptors (Lipinski definition) is 3. The van der Waals surface area contributed by atoms with E-state index in [-0.39, 0.29) is 16.2 Å². The van der Waals surface area contributed by atoms with Crippen LogP contribution < -0.4 is 4.90 Å². The molecule has 1 spiro atoms. The van der Waals surface area contributed by atoms with Gasteiger partial charge in [-0.1, -0.05) is 205 Å². The van der Waals surface area contributed by atoms with Crippen molar-refractivity contribution in [3.63, 3.8) is 0 Å². The number of fused-ring (bicyclic) bond motifs is 27. The average molecular weight is 1090 g/mol. The van der Waals surface area contributed by atoms with Gasteiger partial charge in [-0.15, -0.1) is 0 Å². The molecular formula is C82H57NO2. The Kier molecular flexibility index (Phi) is 8.95. The molecule has 0 bridgehead atoms. The van der Waals surface area contributed by atoms with Crippen molar-refractivity contribution < 1.29 is 8.83 Å². The number of furan rings is 2. The summed E-state index contributed by atoms with van der Waals surface area (Å²) in [6, 6.07) is 89.4. The fraction of sp³-hybridized carbons (Fsp3) is 0.122. The maximum absolute atomic E-state index is 6.91. The number of rotatable bonds is 4. The maximum atomic E-state index is 6.91. The average Bonchev–Trinajstić information content (AvgIpc) is 1.61. The highest BCUT2D eigenvalue weighted by molar-refractivity contribution is 6.19. The van der Waals surface area contributed by atoms with E-state index in [0.29, 0.717) is 0 Å². The first-order valence-corrected chi connectivity index (χ1v) is 30.1. The first-order valence-electron chi connectivity index (χ1n) is 30.1. The van der Waals surface area contributed by atoms with E-state index in [1.54, 1.807) is 0 Å². The molecule has 5 aliphatic rings. The number of anilines is 3. The van der Waals surface area contributed by atoms with E-state index in [9.17, 15) is 0 Å². The predicted molar refractivity (Wildman–Crippen MR) is 350 cm³/mol. The number of nitrogens with zero attached hydrogens (tertiary/aromatic N) is 1. The second-order valence-corrected chi connectivity index (χ2v) is 26.2. The van der Waals surface area contributed by atoms with Crippen LogP contribution in [0.25, 0.3) is 111 Å². The zero-order valence-electron chi connectivity index (χ0n) is 48.3. The van der Waals surface area contributed by atoms with Crippen LogP contribution in [0.15, 0.2) is 245 Å². The lowest BCUT2D eigenvalue weighted by Gasteiger charge is -2.33. The molecule has 85 heavy (non-hydrogen) atoms.